The van der Waals surface area contributed by atoms with E-state index in [0.717, 1.165) is 21.9 Å². The number of nitrogens with zero attached hydrogens (tertiary/aromatic N) is 1. The van der Waals surface area contributed by atoms with E-state index in [1.807, 2.05) is 12.1 Å². The van der Waals surface area contributed by atoms with E-state index in [1.165, 1.54) is 55.7 Å². The minimum atomic E-state index is 0.0967. The second kappa shape index (κ2) is 7.75. The highest BCUT2D eigenvalue weighted by Gasteiger charge is 2.42. The van der Waals surface area contributed by atoms with Crippen LogP contribution in [0, 0.1) is 0 Å². The number of anilines is 2. The van der Waals surface area contributed by atoms with Gasteiger partial charge in [0, 0.05) is 33.3 Å². The number of furan rings is 1. The van der Waals surface area contributed by atoms with Crippen molar-refractivity contribution in [3.8, 4) is 33.4 Å². The smallest absolute Gasteiger partial charge is 0.329 e. The Morgan fingerprint density at radius 3 is 2.00 bits per heavy atom. The first-order valence-electron chi connectivity index (χ1n) is 13.5. The van der Waals surface area contributed by atoms with Crippen LogP contribution in [0.25, 0.3) is 55.3 Å². The van der Waals surface area contributed by atoms with Crippen molar-refractivity contribution < 1.29 is 4.42 Å². The van der Waals surface area contributed by atoms with Gasteiger partial charge in [-0.15, -0.1) is 0 Å². The molecule has 1 aromatic heterocycles. The summed E-state index contributed by atoms with van der Waals surface area (Å²) in [4.78, 5) is 2.55. The summed E-state index contributed by atoms with van der Waals surface area (Å²) >= 11 is 0. The fourth-order valence-electron chi connectivity index (χ4n) is 6.87. The van der Waals surface area contributed by atoms with Crippen LogP contribution in [0.4, 0.5) is 11.4 Å². The summed E-state index contributed by atoms with van der Waals surface area (Å²) in [7, 11) is 0. The third kappa shape index (κ3) is 2.82. The van der Waals surface area contributed by atoms with Crippen LogP contribution >= 0.6 is 0 Å². The van der Waals surface area contributed by atoms with E-state index in [0.29, 0.717) is 0 Å². The van der Waals surface area contributed by atoms with Gasteiger partial charge in [0.25, 0.3) is 0 Å². The van der Waals surface area contributed by atoms with Crippen LogP contribution in [0.1, 0.15) is 0 Å². The monoisotopic (exact) mass is 495 g/mol. The summed E-state index contributed by atoms with van der Waals surface area (Å²) in [6, 6.07) is 48.4. The van der Waals surface area contributed by atoms with E-state index in [2.05, 4.69) is 126 Å². The highest BCUT2D eigenvalue weighted by molar-refractivity contribution is 6.92. The average molecular weight is 495 g/mol. The summed E-state index contributed by atoms with van der Waals surface area (Å²) in [5.74, 6) is 0. The van der Waals surface area contributed by atoms with Crippen LogP contribution < -0.4 is 15.7 Å². The number of rotatable bonds is 1. The molecular weight excluding hydrogens is 473 g/mol. The van der Waals surface area contributed by atoms with E-state index in [-0.39, 0.29) is 6.85 Å². The van der Waals surface area contributed by atoms with Crippen molar-refractivity contribution >= 4 is 51.1 Å². The Hall–Kier alpha value is -5.02. The third-order valence-corrected chi connectivity index (χ3v) is 8.48. The molecule has 39 heavy (non-hydrogen) atoms. The number of benzene rings is 6. The predicted octanol–water partition coefficient (Wildman–Crippen LogP) is 8.16. The number of fused-ring (bicyclic) bond motifs is 14. The van der Waals surface area contributed by atoms with Crippen LogP contribution in [0.2, 0.25) is 0 Å². The van der Waals surface area contributed by atoms with Crippen LogP contribution in [0.3, 0.4) is 0 Å². The molecule has 0 atom stereocenters. The molecule has 0 fully saturated rings. The summed E-state index contributed by atoms with van der Waals surface area (Å²) < 4.78 is 6.15. The molecule has 3 heteroatoms. The molecule has 2 aliphatic rings. The molecule has 6 aromatic carbocycles. The molecule has 180 valence electrons. The van der Waals surface area contributed by atoms with E-state index in [4.69, 9.17) is 4.42 Å². The zero-order valence-corrected chi connectivity index (χ0v) is 21.1. The maximum atomic E-state index is 6.15. The van der Waals surface area contributed by atoms with E-state index >= 15 is 0 Å². The minimum absolute atomic E-state index is 0.0967. The van der Waals surface area contributed by atoms with Gasteiger partial charge in [0.1, 0.15) is 11.2 Å². The first kappa shape index (κ1) is 21.0. The molecule has 0 saturated heterocycles. The molecule has 2 aliphatic heterocycles. The Morgan fingerprint density at radius 2 is 1.10 bits per heavy atom. The zero-order chi connectivity index (χ0) is 25.5. The summed E-state index contributed by atoms with van der Waals surface area (Å²) in [6.07, 6.45) is 0. The Kier molecular flexibility index (Phi) is 4.17. The lowest BCUT2D eigenvalue weighted by Crippen LogP contribution is -2.59. The molecule has 0 bridgehead atoms. The van der Waals surface area contributed by atoms with Gasteiger partial charge in [-0.2, -0.15) is 0 Å². The van der Waals surface area contributed by atoms with E-state index in [9.17, 15) is 0 Å². The Balaban J connectivity index is 1.35. The maximum Gasteiger partial charge on any atom is 0.329 e. The van der Waals surface area contributed by atoms with Gasteiger partial charge in [-0.05, 0) is 63.5 Å². The summed E-state index contributed by atoms with van der Waals surface area (Å²) in [5.41, 5.74) is 14.7. The standard InChI is InChI=1S/C36H22BNO/c1-5-15-30-25(10-1)26-11-2-6-17-32(26)38-33-18-7-3-13-28(33)36-24(14-9-16-31(36)37(30)38)23-20-21-35-29(22-23)27-12-4-8-19-34(27)39-35/h1-22H. The van der Waals surface area contributed by atoms with Gasteiger partial charge in [-0.3, -0.25) is 0 Å². The lowest BCUT2D eigenvalue weighted by Gasteiger charge is -2.43. The Labute approximate surface area is 226 Å². The fraction of sp³-hybridized carbons (Fsp3) is 0. The van der Waals surface area contributed by atoms with Gasteiger partial charge in [0.05, 0.1) is 0 Å². The number of hydrogen-bond acceptors (Lipinski definition) is 2. The van der Waals surface area contributed by atoms with Crippen molar-refractivity contribution in [1.29, 1.82) is 0 Å². The van der Waals surface area contributed by atoms with Crippen molar-refractivity contribution in [2.24, 2.45) is 0 Å². The maximum absolute atomic E-state index is 6.15. The van der Waals surface area contributed by atoms with Gasteiger partial charge in [-0.1, -0.05) is 103 Å². The predicted molar refractivity (Wildman–Crippen MR) is 164 cm³/mol. The Morgan fingerprint density at radius 1 is 0.462 bits per heavy atom. The van der Waals surface area contributed by atoms with Gasteiger partial charge in [0.15, 0.2) is 0 Å². The zero-order valence-electron chi connectivity index (χ0n) is 21.1. The molecule has 0 aliphatic carbocycles. The molecular formula is C36H22BNO. The van der Waals surface area contributed by atoms with Crippen LogP contribution in [-0.2, 0) is 0 Å². The normalized spacial score (nSPS) is 13.0. The van der Waals surface area contributed by atoms with E-state index in [1.54, 1.807) is 0 Å². The largest absolute Gasteiger partial charge is 0.456 e. The molecule has 9 rings (SSSR count). The first-order valence-corrected chi connectivity index (χ1v) is 13.5. The lowest BCUT2D eigenvalue weighted by molar-refractivity contribution is 0.669. The van der Waals surface area contributed by atoms with Gasteiger partial charge >= 0.3 is 6.85 Å². The fourth-order valence-corrected chi connectivity index (χ4v) is 6.87. The molecule has 0 spiro atoms. The van der Waals surface area contributed by atoms with Crippen LogP contribution in [0.5, 0.6) is 0 Å². The second-order valence-corrected chi connectivity index (χ2v) is 10.5. The van der Waals surface area contributed by atoms with Crippen molar-refractivity contribution in [2.45, 2.75) is 0 Å². The van der Waals surface area contributed by atoms with Crippen molar-refractivity contribution in [1.82, 2.24) is 0 Å². The summed E-state index contributed by atoms with van der Waals surface area (Å²) in [5, 5.41) is 2.31. The number of hydrogen-bond donors (Lipinski definition) is 0. The van der Waals surface area contributed by atoms with E-state index < -0.39 is 0 Å². The third-order valence-electron chi connectivity index (χ3n) is 8.48. The minimum Gasteiger partial charge on any atom is -0.456 e. The van der Waals surface area contributed by atoms with Crippen LogP contribution in [-0.4, -0.2) is 6.85 Å². The highest BCUT2D eigenvalue weighted by Crippen LogP contribution is 2.48. The van der Waals surface area contributed by atoms with Gasteiger partial charge < -0.3 is 9.23 Å². The number of para-hydroxylation sites is 3. The average Bonchev–Trinajstić information content (AvgIpc) is 3.38. The molecule has 0 unspecified atom stereocenters. The molecule has 7 aromatic rings. The molecule has 0 N–H and O–H groups in total. The molecule has 3 heterocycles. The van der Waals surface area contributed by atoms with Crippen molar-refractivity contribution in [3.63, 3.8) is 0 Å². The topological polar surface area (TPSA) is 16.4 Å². The van der Waals surface area contributed by atoms with Crippen molar-refractivity contribution in [2.75, 3.05) is 4.81 Å². The molecule has 0 amide bonds. The van der Waals surface area contributed by atoms with Gasteiger partial charge in [0.2, 0.25) is 0 Å². The van der Waals surface area contributed by atoms with Gasteiger partial charge in [-0.25, -0.2) is 0 Å². The quantitative estimate of drug-likeness (QED) is 0.214. The lowest BCUT2D eigenvalue weighted by atomic mass is 9.43. The van der Waals surface area contributed by atoms with Crippen molar-refractivity contribution in [3.05, 3.63) is 133 Å². The SMILES string of the molecule is c1ccc2c(c1)B1c3cccc(-c4ccc5oc6ccccc6c5c4)c3-c3ccccc3N1c1ccccc1-2. The molecule has 2 nitrogen and oxygen atoms in total. The first-order chi connectivity index (χ1) is 19.4. The summed E-state index contributed by atoms with van der Waals surface area (Å²) in [6.45, 7) is 0.0967. The molecule has 0 radical (unpaired) electrons. The Bertz CT molecular complexity index is 2110. The van der Waals surface area contributed by atoms with Crippen LogP contribution in [0.15, 0.2) is 138 Å². The second-order valence-electron chi connectivity index (χ2n) is 10.5. The highest BCUT2D eigenvalue weighted by atomic mass is 16.3. The molecule has 0 saturated carbocycles.